The van der Waals surface area contributed by atoms with Crippen molar-refractivity contribution in [1.82, 2.24) is 4.98 Å². The van der Waals surface area contributed by atoms with Gasteiger partial charge in [0.15, 0.2) is 22.8 Å². The lowest BCUT2D eigenvalue weighted by Crippen LogP contribution is -2.00. The van der Waals surface area contributed by atoms with Crippen molar-refractivity contribution in [3.8, 4) is 22.8 Å². The van der Waals surface area contributed by atoms with Crippen molar-refractivity contribution in [2.45, 2.75) is 27.4 Å². The largest absolute Gasteiger partial charge is 0.497 e. The van der Waals surface area contributed by atoms with Gasteiger partial charge in [0, 0.05) is 11.1 Å². The Kier molecular flexibility index (Phi) is 10.5. The van der Waals surface area contributed by atoms with Crippen LogP contribution in [-0.4, -0.2) is 18.5 Å². The first-order valence-corrected chi connectivity index (χ1v) is 9.73. The number of oxazole rings is 1. The monoisotopic (exact) mass is 484 g/mol. The van der Waals surface area contributed by atoms with Crippen LogP contribution in [-0.2, 0) is 11.4 Å². The third kappa shape index (κ3) is 6.55. The summed E-state index contributed by atoms with van der Waals surface area (Å²) in [5.74, 6) is -0.418. The molecule has 0 aliphatic heterocycles. The molecule has 2 aromatic carbocycles. The van der Waals surface area contributed by atoms with E-state index in [-0.39, 0.29) is 30.2 Å². The first-order valence-electron chi connectivity index (χ1n) is 8.93. The van der Waals surface area contributed by atoms with E-state index in [1.54, 1.807) is 7.11 Å². The Balaban J connectivity index is 0.000000826. The Hall–Kier alpha value is -2.94. The van der Waals surface area contributed by atoms with Gasteiger partial charge < -0.3 is 19.6 Å². The molecule has 3 rings (SSSR count). The van der Waals surface area contributed by atoms with Gasteiger partial charge in [-0.1, -0.05) is 13.8 Å². The van der Waals surface area contributed by atoms with Gasteiger partial charge in [-0.15, -0.1) is 0 Å². The summed E-state index contributed by atoms with van der Waals surface area (Å²) in [7, 11) is 1.59. The molecule has 1 heterocycles. The maximum Gasteiger partial charge on any atom is 0.234 e. The second kappa shape index (κ2) is 12.6. The Morgan fingerprint density at radius 3 is 2.33 bits per heavy atom. The van der Waals surface area contributed by atoms with Crippen molar-refractivity contribution in [2.24, 2.45) is 5.73 Å². The van der Waals surface area contributed by atoms with Crippen LogP contribution >= 0.6 is 15.9 Å². The van der Waals surface area contributed by atoms with Gasteiger partial charge in [0.05, 0.1) is 7.11 Å². The highest BCUT2D eigenvalue weighted by Gasteiger charge is 2.16. The zero-order valence-corrected chi connectivity index (χ0v) is 18.6. The number of nitrogens with zero attached hydrogens (tertiary/aromatic N) is 1. The molecule has 0 bridgehead atoms. The number of carbonyl (C=O) groups excluding carboxylic acids is 1. The fraction of sp³-hybridized carbons (Fsp3) is 0.238. The molecule has 9 heteroatoms. The number of hydrogen-bond donors (Lipinski definition) is 1. The van der Waals surface area contributed by atoms with Crippen LogP contribution in [0.4, 0.5) is 8.78 Å². The van der Waals surface area contributed by atoms with Gasteiger partial charge >= 0.3 is 0 Å². The Morgan fingerprint density at radius 2 is 1.77 bits per heavy atom. The highest BCUT2D eigenvalue weighted by molar-refractivity contribution is 9.10. The van der Waals surface area contributed by atoms with Crippen LogP contribution in [0.2, 0.25) is 0 Å². The molecular weight excluding hydrogens is 462 g/mol. The van der Waals surface area contributed by atoms with Gasteiger partial charge in [0.2, 0.25) is 12.3 Å². The summed E-state index contributed by atoms with van der Waals surface area (Å²) in [5.41, 5.74) is 5.49. The average molecular weight is 485 g/mol. The molecule has 0 saturated carbocycles. The van der Waals surface area contributed by atoms with E-state index in [2.05, 4.69) is 26.6 Å². The molecule has 0 aliphatic carbocycles. The van der Waals surface area contributed by atoms with E-state index in [0.717, 1.165) is 17.4 Å². The molecular formula is C21H23BrF2N2O4. The lowest BCUT2D eigenvalue weighted by atomic mass is 10.2. The molecule has 6 nitrogen and oxygen atoms in total. The minimum Gasteiger partial charge on any atom is -0.497 e. The highest BCUT2D eigenvalue weighted by Crippen LogP contribution is 2.30. The summed E-state index contributed by atoms with van der Waals surface area (Å²) in [6.07, 6.45) is 0.250. The number of nitrogens with two attached hydrogens (primary N) is 1. The van der Waals surface area contributed by atoms with Gasteiger partial charge in [-0.25, -0.2) is 13.8 Å². The summed E-state index contributed by atoms with van der Waals surface area (Å²) in [6, 6.07) is 9.69. The van der Waals surface area contributed by atoms with Crippen LogP contribution in [0.15, 0.2) is 45.5 Å². The molecule has 2 N–H and O–H groups in total. The standard InChI is InChI=1S/C18H14BrF2NO3.C2H6.CH3NO/c1-10-13(20)7-8-14(16(10)21)24-9-15-22-17(18(19)25-15)11-3-5-12(23-2)6-4-11;1-2;2-1-3/h3-8H,9H2,1-2H3;1-2H3;1H,(H2,2,3). The molecule has 0 fully saturated rings. The minimum absolute atomic E-state index is 0.0563. The molecule has 0 atom stereocenters. The van der Waals surface area contributed by atoms with E-state index in [0.29, 0.717) is 10.4 Å². The van der Waals surface area contributed by atoms with E-state index in [1.807, 2.05) is 38.1 Å². The molecule has 0 unspecified atom stereocenters. The molecule has 0 radical (unpaired) electrons. The van der Waals surface area contributed by atoms with Crippen molar-refractivity contribution in [2.75, 3.05) is 7.11 Å². The lowest BCUT2D eigenvalue weighted by molar-refractivity contribution is -0.106. The normalized spacial score (nSPS) is 9.57. The van der Waals surface area contributed by atoms with Gasteiger partial charge in [0.25, 0.3) is 0 Å². The summed E-state index contributed by atoms with van der Waals surface area (Å²) < 4.78 is 43.6. The van der Waals surface area contributed by atoms with Crippen LogP contribution < -0.4 is 15.2 Å². The smallest absolute Gasteiger partial charge is 0.234 e. The Labute approximate surface area is 182 Å². The Bertz CT molecular complexity index is 947. The predicted molar refractivity (Wildman–Crippen MR) is 113 cm³/mol. The van der Waals surface area contributed by atoms with E-state index >= 15 is 0 Å². The number of aromatic nitrogens is 1. The molecule has 1 aromatic heterocycles. The number of methoxy groups -OCH3 is 1. The SMILES string of the molecule is CC.COc1ccc(-c2nc(COc3ccc(F)c(C)c3F)oc2Br)cc1.NC=O. The quantitative estimate of drug-likeness (QED) is 0.489. The molecule has 3 aromatic rings. The summed E-state index contributed by atoms with van der Waals surface area (Å²) in [4.78, 5) is 12.9. The number of primary amides is 1. The molecule has 162 valence electrons. The maximum absolute atomic E-state index is 13.9. The number of benzene rings is 2. The van der Waals surface area contributed by atoms with E-state index in [1.165, 1.54) is 13.0 Å². The number of rotatable bonds is 5. The summed E-state index contributed by atoms with van der Waals surface area (Å²) in [5, 5.41) is 0. The Morgan fingerprint density at radius 1 is 1.17 bits per heavy atom. The number of ether oxygens (including phenoxy) is 2. The number of carbonyl (C=O) groups is 1. The molecule has 30 heavy (non-hydrogen) atoms. The second-order valence-corrected chi connectivity index (χ2v) is 6.09. The minimum atomic E-state index is -0.735. The first kappa shape index (κ1) is 25.1. The van der Waals surface area contributed by atoms with Crippen LogP contribution in [0.5, 0.6) is 11.5 Å². The summed E-state index contributed by atoms with van der Waals surface area (Å²) >= 11 is 3.31. The van der Waals surface area contributed by atoms with Crippen LogP contribution in [0.25, 0.3) is 11.3 Å². The zero-order valence-electron chi connectivity index (χ0n) is 17.0. The first-order chi connectivity index (χ1) is 14.4. The van der Waals surface area contributed by atoms with Crippen LogP contribution in [0, 0.1) is 18.6 Å². The van der Waals surface area contributed by atoms with Gasteiger partial charge in [-0.2, -0.15) is 0 Å². The van der Waals surface area contributed by atoms with Crippen molar-refractivity contribution in [1.29, 1.82) is 0 Å². The van der Waals surface area contributed by atoms with E-state index in [4.69, 9.17) is 18.7 Å². The highest BCUT2D eigenvalue weighted by atomic mass is 79.9. The van der Waals surface area contributed by atoms with Crippen molar-refractivity contribution < 1.29 is 27.5 Å². The van der Waals surface area contributed by atoms with Gasteiger partial charge in [0.1, 0.15) is 17.3 Å². The van der Waals surface area contributed by atoms with Gasteiger partial charge in [-0.05, 0) is 59.3 Å². The number of hydrogen-bond acceptors (Lipinski definition) is 5. The molecule has 0 saturated heterocycles. The number of halogens is 3. The summed E-state index contributed by atoms with van der Waals surface area (Å²) in [6.45, 7) is 5.26. The fourth-order valence-electron chi connectivity index (χ4n) is 2.22. The molecule has 0 aliphatic rings. The topological polar surface area (TPSA) is 87.6 Å². The third-order valence-corrected chi connectivity index (χ3v) is 4.17. The van der Waals surface area contributed by atoms with Crippen molar-refractivity contribution >= 4 is 22.3 Å². The van der Waals surface area contributed by atoms with E-state index < -0.39 is 11.6 Å². The zero-order chi connectivity index (χ0) is 22.7. The average Bonchev–Trinajstić information content (AvgIpc) is 3.14. The molecule has 0 spiro atoms. The van der Waals surface area contributed by atoms with Crippen molar-refractivity contribution in [3.63, 3.8) is 0 Å². The fourth-order valence-corrected chi connectivity index (χ4v) is 2.72. The van der Waals surface area contributed by atoms with Crippen LogP contribution in [0.3, 0.4) is 0 Å². The van der Waals surface area contributed by atoms with Crippen molar-refractivity contribution in [3.05, 3.63) is 64.2 Å². The number of amides is 1. The lowest BCUT2D eigenvalue weighted by Gasteiger charge is -2.07. The maximum atomic E-state index is 13.9. The molecule has 1 amide bonds. The third-order valence-electron chi connectivity index (χ3n) is 3.63. The van der Waals surface area contributed by atoms with Gasteiger partial charge in [-0.3, -0.25) is 4.79 Å². The second-order valence-electron chi connectivity index (χ2n) is 5.37. The van der Waals surface area contributed by atoms with Crippen LogP contribution in [0.1, 0.15) is 25.3 Å². The van der Waals surface area contributed by atoms with E-state index in [9.17, 15) is 8.78 Å². The predicted octanol–water partition coefficient (Wildman–Crippen LogP) is 5.41.